The molecule has 5 rings (SSSR count). The predicted octanol–water partition coefficient (Wildman–Crippen LogP) is 5.08. The van der Waals surface area contributed by atoms with Crippen molar-refractivity contribution in [2.75, 3.05) is 29.0 Å². The summed E-state index contributed by atoms with van der Waals surface area (Å²) < 4.78 is 44.8. The molecule has 5 heterocycles. The van der Waals surface area contributed by atoms with Crippen molar-refractivity contribution in [3.05, 3.63) is 54.4 Å². The molecule has 12 heteroatoms. The highest BCUT2D eigenvalue weighted by Gasteiger charge is 2.47. The quantitative estimate of drug-likeness (QED) is 0.484. The molecule has 0 aromatic carbocycles. The van der Waals surface area contributed by atoms with Crippen LogP contribution in [-0.2, 0) is 10.9 Å². The van der Waals surface area contributed by atoms with Crippen molar-refractivity contribution in [3.63, 3.8) is 0 Å². The maximum absolute atomic E-state index is 13.1. The number of nitrogens with zero attached hydrogens (tertiary/aromatic N) is 5. The summed E-state index contributed by atoms with van der Waals surface area (Å²) in [6.45, 7) is 6.74. The molecular formula is C26H28F3N7O2. The summed E-state index contributed by atoms with van der Waals surface area (Å²) in [7, 11) is 0. The van der Waals surface area contributed by atoms with Crippen molar-refractivity contribution < 1.29 is 22.7 Å². The van der Waals surface area contributed by atoms with Crippen LogP contribution in [0.5, 0.6) is 0 Å². The van der Waals surface area contributed by atoms with Crippen LogP contribution in [0.4, 0.5) is 41.1 Å². The maximum Gasteiger partial charge on any atom is 0.416 e. The van der Waals surface area contributed by atoms with Crippen LogP contribution in [0.3, 0.4) is 0 Å². The Morgan fingerprint density at radius 2 is 1.79 bits per heavy atom. The fourth-order valence-corrected chi connectivity index (χ4v) is 4.80. The molecule has 1 amide bonds. The summed E-state index contributed by atoms with van der Waals surface area (Å²) >= 11 is 0. The lowest BCUT2D eigenvalue weighted by Gasteiger charge is -2.35. The molecule has 9 nitrogen and oxygen atoms in total. The molecule has 0 radical (unpaired) electrons. The van der Waals surface area contributed by atoms with E-state index in [9.17, 15) is 18.0 Å². The molecule has 2 atom stereocenters. The van der Waals surface area contributed by atoms with Gasteiger partial charge in [0.05, 0.1) is 23.3 Å². The average molecular weight is 528 g/mol. The normalized spacial score (nSPS) is 19.1. The predicted molar refractivity (Wildman–Crippen MR) is 137 cm³/mol. The van der Waals surface area contributed by atoms with Crippen molar-refractivity contribution >= 4 is 29.2 Å². The second-order valence-electron chi connectivity index (χ2n) is 10.5. The van der Waals surface area contributed by atoms with Gasteiger partial charge in [0.2, 0.25) is 0 Å². The number of rotatable bonds is 4. The van der Waals surface area contributed by atoms with E-state index in [2.05, 4.69) is 25.2 Å². The summed E-state index contributed by atoms with van der Waals surface area (Å²) in [5.74, 6) is 1.01. The Labute approximate surface area is 217 Å². The Kier molecular flexibility index (Phi) is 6.28. The standard InChI is InChI=1S/C26H28F3N7O2/c1-25(2,3)38-24(37)36-14-18-12-19(36)13-35(18)23-8-15(4-6-32-23)20-10-17(30)11-22(33-20)34-21-9-16(5-7-31-21)26(27,28)29/h4-11,18-19H,12-14H2,1-3H3,(H3,30,31,33,34). The number of carbonyl (C=O) groups is 1. The number of halogens is 3. The lowest BCUT2D eigenvalue weighted by molar-refractivity contribution is -0.137. The van der Waals surface area contributed by atoms with Gasteiger partial charge in [0.1, 0.15) is 23.1 Å². The van der Waals surface area contributed by atoms with Crippen molar-refractivity contribution in [2.45, 2.75) is 51.1 Å². The van der Waals surface area contributed by atoms with Crippen LogP contribution in [0.25, 0.3) is 11.3 Å². The van der Waals surface area contributed by atoms with Gasteiger partial charge in [-0.3, -0.25) is 0 Å². The number of ether oxygens (including phenoxy) is 1. The van der Waals surface area contributed by atoms with Gasteiger partial charge in [-0.25, -0.2) is 19.7 Å². The first kappa shape index (κ1) is 25.6. The third-order valence-corrected chi connectivity index (χ3v) is 6.40. The Hall–Kier alpha value is -4.09. The molecule has 200 valence electrons. The average Bonchev–Trinajstić information content (AvgIpc) is 3.44. The van der Waals surface area contributed by atoms with E-state index in [0.29, 0.717) is 24.5 Å². The highest BCUT2D eigenvalue weighted by Crippen LogP contribution is 2.36. The second kappa shape index (κ2) is 9.34. The molecule has 2 unspecified atom stereocenters. The van der Waals surface area contributed by atoms with Gasteiger partial charge in [0.25, 0.3) is 0 Å². The van der Waals surface area contributed by atoms with Gasteiger partial charge in [0.15, 0.2) is 0 Å². The molecule has 0 saturated carbocycles. The van der Waals surface area contributed by atoms with E-state index in [0.717, 1.165) is 36.1 Å². The topological polar surface area (TPSA) is 110 Å². The third-order valence-electron chi connectivity index (χ3n) is 6.40. The van der Waals surface area contributed by atoms with E-state index in [-0.39, 0.29) is 29.8 Å². The van der Waals surface area contributed by atoms with E-state index in [1.807, 2.05) is 26.8 Å². The summed E-state index contributed by atoms with van der Waals surface area (Å²) in [5, 5.41) is 2.81. The van der Waals surface area contributed by atoms with Crippen LogP contribution in [0, 0.1) is 0 Å². The zero-order chi connectivity index (χ0) is 27.2. The summed E-state index contributed by atoms with van der Waals surface area (Å²) in [6.07, 6.45) is -1.19. The van der Waals surface area contributed by atoms with E-state index in [1.54, 1.807) is 23.2 Å². The van der Waals surface area contributed by atoms with Gasteiger partial charge >= 0.3 is 12.3 Å². The highest BCUT2D eigenvalue weighted by atomic mass is 19.4. The fourth-order valence-electron chi connectivity index (χ4n) is 4.80. The first-order valence-electron chi connectivity index (χ1n) is 12.2. The lowest BCUT2D eigenvalue weighted by atomic mass is 10.1. The zero-order valence-corrected chi connectivity index (χ0v) is 21.2. The van der Waals surface area contributed by atoms with E-state index < -0.39 is 17.3 Å². The Morgan fingerprint density at radius 3 is 2.47 bits per heavy atom. The van der Waals surface area contributed by atoms with Crippen LogP contribution in [0.2, 0.25) is 0 Å². The van der Waals surface area contributed by atoms with E-state index >= 15 is 0 Å². The molecule has 2 fully saturated rings. The number of nitrogens with one attached hydrogen (secondary N) is 1. The minimum absolute atomic E-state index is 0.00178. The number of hydrogen-bond donors (Lipinski definition) is 2. The number of nitrogens with two attached hydrogens (primary N) is 1. The van der Waals surface area contributed by atoms with Gasteiger partial charge in [-0.1, -0.05) is 0 Å². The Balaban J connectivity index is 1.33. The fraction of sp³-hybridized carbons (Fsp3) is 0.385. The van der Waals surface area contributed by atoms with Gasteiger partial charge in [0, 0.05) is 42.8 Å². The molecule has 0 spiro atoms. The molecule has 3 N–H and O–H groups in total. The largest absolute Gasteiger partial charge is 0.444 e. The minimum atomic E-state index is -4.49. The first-order chi connectivity index (χ1) is 17.9. The summed E-state index contributed by atoms with van der Waals surface area (Å²) in [6, 6.07) is 8.88. The number of amides is 1. The number of anilines is 4. The summed E-state index contributed by atoms with van der Waals surface area (Å²) in [5.41, 5.74) is 6.38. The molecule has 2 aliphatic rings. The number of aromatic nitrogens is 3. The molecule has 38 heavy (non-hydrogen) atoms. The molecule has 2 bridgehead atoms. The smallest absolute Gasteiger partial charge is 0.416 e. The molecular weight excluding hydrogens is 499 g/mol. The van der Waals surface area contributed by atoms with Crippen molar-refractivity contribution in [3.8, 4) is 11.3 Å². The van der Waals surface area contributed by atoms with E-state index in [1.165, 1.54) is 6.07 Å². The number of fused-ring (bicyclic) bond motifs is 2. The monoisotopic (exact) mass is 527 g/mol. The third kappa shape index (κ3) is 5.43. The number of nitrogen functional groups attached to an aromatic ring is 1. The lowest BCUT2D eigenvalue weighted by Crippen LogP contribution is -2.50. The molecule has 0 aliphatic carbocycles. The van der Waals surface area contributed by atoms with Crippen LogP contribution in [0.15, 0.2) is 48.8 Å². The second-order valence-corrected chi connectivity index (χ2v) is 10.5. The van der Waals surface area contributed by atoms with Crippen molar-refractivity contribution in [1.29, 1.82) is 0 Å². The Morgan fingerprint density at radius 1 is 1.03 bits per heavy atom. The Bertz CT molecular complexity index is 1360. The van der Waals surface area contributed by atoms with Gasteiger partial charge in [-0.2, -0.15) is 13.2 Å². The van der Waals surface area contributed by atoms with Gasteiger partial charge < -0.3 is 25.6 Å². The summed E-state index contributed by atoms with van der Waals surface area (Å²) in [4.78, 5) is 29.6. The number of likely N-dealkylation sites (tertiary alicyclic amines) is 1. The number of pyridine rings is 3. The van der Waals surface area contributed by atoms with Crippen molar-refractivity contribution in [1.82, 2.24) is 19.9 Å². The van der Waals surface area contributed by atoms with Crippen LogP contribution in [-0.4, -0.2) is 56.7 Å². The molecule has 2 aliphatic heterocycles. The molecule has 3 aromatic heterocycles. The first-order valence-corrected chi connectivity index (χ1v) is 12.2. The van der Waals surface area contributed by atoms with Crippen molar-refractivity contribution in [2.24, 2.45) is 0 Å². The zero-order valence-electron chi connectivity index (χ0n) is 21.2. The number of piperazine rings is 1. The number of hydrogen-bond acceptors (Lipinski definition) is 8. The van der Waals surface area contributed by atoms with E-state index in [4.69, 9.17) is 10.5 Å². The maximum atomic E-state index is 13.1. The van der Waals surface area contributed by atoms with Gasteiger partial charge in [-0.05, 0) is 57.5 Å². The highest BCUT2D eigenvalue weighted by molar-refractivity contribution is 5.72. The number of alkyl halides is 3. The van der Waals surface area contributed by atoms with Crippen LogP contribution in [0.1, 0.15) is 32.8 Å². The molecule has 2 saturated heterocycles. The van der Waals surface area contributed by atoms with Gasteiger partial charge in [-0.15, -0.1) is 0 Å². The van der Waals surface area contributed by atoms with Crippen LogP contribution < -0.4 is 16.0 Å². The SMILES string of the molecule is CC(C)(C)OC(=O)N1CC2CC1CN2c1cc(-c2cc(N)cc(Nc3cc(C(F)(F)F)ccn3)n2)ccn1. The van der Waals surface area contributed by atoms with Crippen LogP contribution >= 0.6 is 0 Å². The molecule has 3 aromatic rings. The minimum Gasteiger partial charge on any atom is -0.444 e. The number of carbonyl (C=O) groups excluding carboxylic acids is 1.